The topological polar surface area (TPSA) is 24.5 Å². The molecule has 0 aromatic heterocycles. The third-order valence-corrected chi connectivity index (χ3v) is 4.53. The Hall–Kier alpha value is -0.580. The normalized spacial score (nSPS) is 21.0. The number of hydrogen-bond donors (Lipinski definition) is 1. The van der Waals surface area contributed by atoms with Crippen molar-refractivity contribution in [1.29, 1.82) is 0 Å². The molecule has 2 rings (SSSR count). The highest BCUT2D eigenvalue weighted by molar-refractivity contribution is 9.10. The molecule has 0 amide bonds. The lowest BCUT2D eigenvalue weighted by molar-refractivity contribution is 0.199. The summed E-state index contributed by atoms with van der Waals surface area (Å²) >= 11 is 3.57. The molecule has 3 nitrogen and oxygen atoms in total. The van der Waals surface area contributed by atoms with Crippen molar-refractivity contribution in [3.8, 4) is 0 Å². The first-order valence-electron chi connectivity index (χ1n) is 7.31. The largest absolute Gasteiger partial charge is 0.383 e. The van der Waals surface area contributed by atoms with E-state index in [1.807, 2.05) is 0 Å². The smallest absolute Gasteiger partial charge is 0.0587 e. The molecule has 2 atom stereocenters. The number of nitrogens with one attached hydrogen (secondary N) is 1. The van der Waals surface area contributed by atoms with Gasteiger partial charge in [-0.05, 0) is 42.0 Å². The minimum Gasteiger partial charge on any atom is -0.383 e. The summed E-state index contributed by atoms with van der Waals surface area (Å²) in [7, 11) is 3.93. The van der Waals surface area contributed by atoms with E-state index in [1.54, 1.807) is 7.11 Å². The van der Waals surface area contributed by atoms with Gasteiger partial charge in [0.1, 0.15) is 0 Å². The average Bonchev–Trinajstić information content (AvgIpc) is 3.10. The molecule has 4 heteroatoms. The first kappa shape index (κ1) is 15.8. The van der Waals surface area contributed by atoms with Crippen LogP contribution in [-0.4, -0.2) is 33.9 Å². The highest BCUT2D eigenvalue weighted by Crippen LogP contribution is 2.39. The zero-order chi connectivity index (χ0) is 14.5. The van der Waals surface area contributed by atoms with Crippen LogP contribution in [0.25, 0.3) is 0 Å². The van der Waals surface area contributed by atoms with Crippen molar-refractivity contribution >= 4 is 21.6 Å². The molecular formula is C16H25BrN2O. The highest BCUT2D eigenvalue weighted by atomic mass is 79.9. The Bertz CT molecular complexity index is 438. The number of anilines is 1. The second-order valence-electron chi connectivity index (χ2n) is 5.80. The molecule has 0 radical (unpaired) electrons. The number of methoxy groups -OCH3 is 1. The maximum absolute atomic E-state index is 5.07. The molecule has 1 aromatic carbocycles. The van der Waals surface area contributed by atoms with Gasteiger partial charge in [-0.2, -0.15) is 0 Å². The molecule has 0 aliphatic heterocycles. The van der Waals surface area contributed by atoms with E-state index in [1.165, 1.54) is 17.7 Å². The summed E-state index contributed by atoms with van der Waals surface area (Å²) in [4.78, 5) is 2.40. The van der Waals surface area contributed by atoms with Crippen LogP contribution in [0.15, 0.2) is 22.7 Å². The molecule has 112 valence electrons. The van der Waals surface area contributed by atoms with Crippen molar-refractivity contribution in [2.75, 3.05) is 38.8 Å². The number of hydrogen-bond acceptors (Lipinski definition) is 3. The van der Waals surface area contributed by atoms with Crippen LogP contribution in [0.4, 0.5) is 5.69 Å². The Kier molecular flexibility index (Phi) is 5.87. The quantitative estimate of drug-likeness (QED) is 0.735. The zero-order valence-electron chi connectivity index (χ0n) is 12.7. The van der Waals surface area contributed by atoms with Crippen LogP contribution in [-0.2, 0) is 11.3 Å². The maximum Gasteiger partial charge on any atom is 0.0587 e. The van der Waals surface area contributed by atoms with Crippen LogP contribution >= 0.6 is 15.9 Å². The molecule has 1 aromatic rings. The Morgan fingerprint density at radius 1 is 1.45 bits per heavy atom. The van der Waals surface area contributed by atoms with E-state index in [-0.39, 0.29) is 0 Å². The number of halogens is 1. The van der Waals surface area contributed by atoms with Crippen molar-refractivity contribution in [1.82, 2.24) is 5.32 Å². The van der Waals surface area contributed by atoms with Gasteiger partial charge in [-0.1, -0.05) is 22.9 Å². The van der Waals surface area contributed by atoms with Crippen LogP contribution in [0.1, 0.15) is 18.9 Å². The van der Waals surface area contributed by atoms with Gasteiger partial charge in [-0.25, -0.2) is 0 Å². The van der Waals surface area contributed by atoms with E-state index in [0.717, 1.165) is 42.5 Å². The van der Waals surface area contributed by atoms with Crippen molar-refractivity contribution < 1.29 is 4.74 Å². The van der Waals surface area contributed by atoms with E-state index in [0.29, 0.717) is 0 Å². The molecule has 1 aliphatic rings. The molecular weight excluding hydrogens is 316 g/mol. The van der Waals surface area contributed by atoms with Crippen LogP contribution < -0.4 is 10.2 Å². The van der Waals surface area contributed by atoms with Gasteiger partial charge in [0, 0.05) is 44.0 Å². The van der Waals surface area contributed by atoms with Crippen LogP contribution in [0.3, 0.4) is 0 Å². The first-order valence-corrected chi connectivity index (χ1v) is 8.10. The average molecular weight is 341 g/mol. The summed E-state index contributed by atoms with van der Waals surface area (Å²) in [5, 5.41) is 3.43. The SMILES string of the molecule is COCCNCc1cc(Br)ccc1N(C)CC1CC1C. The summed E-state index contributed by atoms with van der Waals surface area (Å²) in [6.45, 7) is 6.01. The summed E-state index contributed by atoms with van der Waals surface area (Å²) < 4.78 is 6.21. The fourth-order valence-corrected chi connectivity index (χ4v) is 2.98. The Morgan fingerprint density at radius 2 is 2.20 bits per heavy atom. The van der Waals surface area contributed by atoms with Gasteiger partial charge in [0.15, 0.2) is 0 Å². The first-order chi connectivity index (χ1) is 9.61. The van der Waals surface area contributed by atoms with E-state index in [9.17, 15) is 0 Å². The molecule has 1 N–H and O–H groups in total. The Morgan fingerprint density at radius 3 is 2.85 bits per heavy atom. The summed E-state index contributed by atoms with van der Waals surface area (Å²) in [6.07, 6.45) is 1.38. The lowest BCUT2D eigenvalue weighted by atomic mass is 10.1. The number of rotatable bonds is 8. The fourth-order valence-electron chi connectivity index (χ4n) is 2.57. The third-order valence-electron chi connectivity index (χ3n) is 4.04. The minimum atomic E-state index is 0.749. The van der Waals surface area contributed by atoms with Crippen molar-refractivity contribution in [2.24, 2.45) is 11.8 Å². The van der Waals surface area contributed by atoms with Crippen molar-refractivity contribution in [2.45, 2.75) is 19.9 Å². The fraction of sp³-hybridized carbons (Fsp3) is 0.625. The van der Waals surface area contributed by atoms with Gasteiger partial charge in [-0.15, -0.1) is 0 Å². The lowest BCUT2D eigenvalue weighted by Crippen LogP contribution is -2.24. The predicted octanol–water partition coefficient (Wildman–Crippen LogP) is 3.28. The second kappa shape index (κ2) is 7.43. The molecule has 1 aliphatic carbocycles. The Labute approximate surface area is 130 Å². The molecule has 0 heterocycles. The number of nitrogens with zero attached hydrogens (tertiary/aromatic N) is 1. The summed E-state index contributed by atoms with van der Waals surface area (Å²) in [5.41, 5.74) is 2.67. The van der Waals surface area contributed by atoms with Gasteiger partial charge in [0.25, 0.3) is 0 Å². The Balaban J connectivity index is 1.98. The lowest BCUT2D eigenvalue weighted by Gasteiger charge is -2.23. The number of ether oxygens (including phenoxy) is 1. The van der Waals surface area contributed by atoms with Crippen molar-refractivity contribution in [3.05, 3.63) is 28.2 Å². The molecule has 1 saturated carbocycles. The van der Waals surface area contributed by atoms with Crippen LogP contribution in [0.2, 0.25) is 0 Å². The van der Waals surface area contributed by atoms with Crippen LogP contribution in [0, 0.1) is 11.8 Å². The van der Waals surface area contributed by atoms with Crippen molar-refractivity contribution in [3.63, 3.8) is 0 Å². The van der Waals surface area contributed by atoms with Gasteiger partial charge < -0.3 is 15.0 Å². The molecule has 0 spiro atoms. The third kappa shape index (κ3) is 4.47. The second-order valence-corrected chi connectivity index (χ2v) is 6.71. The molecule has 2 unspecified atom stereocenters. The molecule has 20 heavy (non-hydrogen) atoms. The highest BCUT2D eigenvalue weighted by Gasteiger charge is 2.33. The van der Waals surface area contributed by atoms with Gasteiger partial charge in [-0.3, -0.25) is 0 Å². The standard InChI is InChI=1S/C16H25BrN2O/c1-12-8-14(12)11-19(2)16-5-4-15(17)9-13(16)10-18-6-7-20-3/h4-5,9,12,14,18H,6-8,10-11H2,1-3H3. The van der Waals surface area contributed by atoms with E-state index in [4.69, 9.17) is 4.74 Å². The van der Waals surface area contributed by atoms with Gasteiger partial charge in [0.2, 0.25) is 0 Å². The molecule has 1 fully saturated rings. The predicted molar refractivity (Wildman–Crippen MR) is 88.3 cm³/mol. The maximum atomic E-state index is 5.07. The van der Waals surface area contributed by atoms with E-state index in [2.05, 4.69) is 58.3 Å². The summed E-state index contributed by atoms with van der Waals surface area (Å²) in [5.74, 6) is 1.77. The minimum absolute atomic E-state index is 0.749. The van der Waals surface area contributed by atoms with Gasteiger partial charge in [0.05, 0.1) is 6.61 Å². The molecule has 0 saturated heterocycles. The van der Waals surface area contributed by atoms with Crippen LogP contribution in [0.5, 0.6) is 0 Å². The monoisotopic (exact) mass is 340 g/mol. The molecule has 0 bridgehead atoms. The van der Waals surface area contributed by atoms with E-state index < -0.39 is 0 Å². The van der Waals surface area contributed by atoms with E-state index >= 15 is 0 Å². The zero-order valence-corrected chi connectivity index (χ0v) is 14.2. The summed E-state index contributed by atoms with van der Waals surface area (Å²) in [6, 6.07) is 6.55. The number of benzene rings is 1. The van der Waals surface area contributed by atoms with Gasteiger partial charge >= 0.3 is 0 Å².